The smallest absolute Gasteiger partial charge is 0.129 e. The Balaban J connectivity index is 2.45. The van der Waals surface area contributed by atoms with Crippen molar-refractivity contribution >= 4 is 11.6 Å². The lowest BCUT2D eigenvalue weighted by Gasteiger charge is -2.19. The fourth-order valence-corrected chi connectivity index (χ4v) is 2.11. The maximum atomic E-state index is 13.1. The van der Waals surface area contributed by atoms with Crippen LogP contribution < -0.4 is 11.3 Å². The Hall–Kier alpha value is -1.49. The average molecular weight is 266 g/mol. The van der Waals surface area contributed by atoms with Crippen LogP contribution in [0, 0.1) is 12.7 Å². The predicted molar refractivity (Wildman–Crippen MR) is 69.6 cm³/mol. The molecule has 18 heavy (non-hydrogen) atoms. The van der Waals surface area contributed by atoms with Crippen LogP contribution in [0.2, 0.25) is 5.15 Å². The summed E-state index contributed by atoms with van der Waals surface area (Å²) in [5.74, 6) is 5.32. The summed E-state index contributed by atoms with van der Waals surface area (Å²) in [6.07, 6.45) is 1.61. The second-order valence-electron chi connectivity index (χ2n) is 4.01. The number of pyridine rings is 1. The van der Waals surface area contributed by atoms with E-state index in [1.54, 1.807) is 18.3 Å². The maximum Gasteiger partial charge on any atom is 0.129 e. The lowest BCUT2D eigenvalue weighted by atomic mass is 9.96. The summed E-state index contributed by atoms with van der Waals surface area (Å²) in [6, 6.07) is 7.90. The summed E-state index contributed by atoms with van der Waals surface area (Å²) in [4.78, 5) is 3.92. The Kier molecular flexibility index (Phi) is 3.91. The standard InChI is InChI=1S/C13H13ClFN3/c1-8-6-10(15)2-3-11(8)13(18-16)9-4-5-17-12(14)7-9/h2-7,13,18H,16H2,1H3. The summed E-state index contributed by atoms with van der Waals surface area (Å²) in [5, 5.41) is 0.396. The first kappa shape index (κ1) is 13.0. The van der Waals surface area contributed by atoms with E-state index in [4.69, 9.17) is 17.4 Å². The number of nitrogens with two attached hydrogens (primary N) is 1. The van der Waals surface area contributed by atoms with E-state index in [2.05, 4.69) is 10.4 Å². The van der Waals surface area contributed by atoms with Gasteiger partial charge in [-0.2, -0.15) is 0 Å². The molecule has 2 aromatic rings. The molecule has 1 aromatic heterocycles. The highest BCUT2D eigenvalue weighted by atomic mass is 35.5. The molecule has 0 spiro atoms. The molecule has 0 aliphatic heterocycles. The first-order valence-electron chi connectivity index (χ1n) is 5.45. The Morgan fingerprint density at radius 2 is 2.11 bits per heavy atom. The molecular formula is C13H13ClFN3. The molecule has 0 amide bonds. The van der Waals surface area contributed by atoms with Crippen molar-refractivity contribution in [3.63, 3.8) is 0 Å². The van der Waals surface area contributed by atoms with E-state index in [0.717, 1.165) is 16.7 Å². The minimum Gasteiger partial charge on any atom is -0.271 e. The van der Waals surface area contributed by atoms with Gasteiger partial charge in [0.2, 0.25) is 0 Å². The van der Waals surface area contributed by atoms with E-state index in [-0.39, 0.29) is 11.9 Å². The van der Waals surface area contributed by atoms with Crippen LogP contribution in [0.5, 0.6) is 0 Å². The summed E-state index contributed by atoms with van der Waals surface area (Å²) in [5.41, 5.74) is 5.32. The third-order valence-electron chi connectivity index (χ3n) is 2.79. The van der Waals surface area contributed by atoms with Gasteiger partial charge in [-0.05, 0) is 47.9 Å². The van der Waals surface area contributed by atoms with E-state index in [1.165, 1.54) is 12.1 Å². The SMILES string of the molecule is Cc1cc(F)ccc1C(NN)c1ccnc(Cl)c1. The molecule has 0 saturated carbocycles. The minimum absolute atomic E-state index is 0.244. The monoisotopic (exact) mass is 265 g/mol. The van der Waals surface area contributed by atoms with Crippen molar-refractivity contribution in [3.05, 3.63) is 64.2 Å². The normalized spacial score (nSPS) is 12.4. The van der Waals surface area contributed by atoms with Crippen LogP contribution in [0.15, 0.2) is 36.5 Å². The minimum atomic E-state index is -0.264. The molecule has 3 N–H and O–H groups in total. The molecule has 0 aliphatic carbocycles. The molecule has 0 radical (unpaired) electrons. The largest absolute Gasteiger partial charge is 0.271 e. The van der Waals surface area contributed by atoms with E-state index >= 15 is 0 Å². The molecule has 1 atom stereocenters. The fraction of sp³-hybridized carbons (Fsp3) is 0.154. The Bertz CT molecular complexity index is 560. The number of hydrazine groups is 1. The van der Waals surface area contributed by atoms with Gasteiger partial charge in [-0.25, -0.2) is 14.8 Å². The van der Waals surface area contributed by atoms with Crippen molar-refractivity contribution in [1.29, 1.82) is 0 Å². The van der Waals surface area contributed by atoms with Crippen LogP contribution >= 0.6 is 11.6 Å². The van der Waals surface area contributed by atoms with Gasteiger partial charge in [0.15, 0.2) is 0 Å². The average Bonchev–Trinajstić information content (AvgIpc) is 2.33. The summed E-state index contributed by atoms with van der Waals surface area (Å²) in [7, 11) is 0. The van der Waals surface area contributed by atoms with Crippen LogP contribution in [0.3, 0.4) is 0 Å². The molecule has 0 fully saturated rings. The van der Waals surface area contributed by atoms with E-state index in [9.17, 15) is 4.39 Å². The van der Waals surface area contributed by atoms with Crippen LogP contribution in [0.1, 0.15) is 22.7 Å². The van der Waals surface area contributed by atoms with Crippen LogP contribution in [-0.4, -0.2) is 4.98 Å². The first-order valence-corrected chi connectivity index (χ1v) is 5.83. The van der Waals surface area contributed by atoms with Gasteiger partial charge in [-0.15, -0.1) is 0 Å². The third-order valence-corrected chi connectivity index (χ3v) is 3.00. The molecule has 1 aromatic carbocycles. The van der Waals surface area contributed by atoms with Crippen LogP contribution in [-0.2, 0) is 0 Å². The first-order chi connectivity index (χ1) is 8.61. The van der Waals surface area contributed by atoms with Gasteiger partial charge in [0, 0.05) is 6.20 Å². The van der Waals surface area contributed by atoms with Crippen LogP contribution in [0.25, 0.3) is 0 Å². The number of nitrogens with zero attached hydrogens (tertiary/aromatic N) is 1. The molecule has 1 unspecified atom stereocenters. The van der Waals surface area contributed by atoms with Gasteiger partial charge in [0.05, 0.1) is 6.04 Å². The van der Waals surface area contributed by atoms with Gasteiger partial charge in [-0.3, -0.25) is 5.84 Å². The molecule has 2 rings (SSSR count). The number of halogens is 2. The number of rotatable bonds is 3. The Labute approximate surface area is 110 Å². The van der Waals surface area contributed by atoms with Crippen molar-refractivity contribution < 1.29 is 4.39 Å². The van der Waals surface area contributed by atoms with Crippen molar-refractivity contribution in [2.75, 3.05) is 0 Å². The van der Waals surface area contributed by atoms with Crippen LogP contribution in [0.4, 0.5) is 4.39 Å². The lowest BCUT2D eigenvalue weighted by Crippen LogP contribution is -2.29. The number of nitrogens with one attached hydrogen (secondary N) is 1. The van der Waals surface area contributed by atoms with Gasteiger partial charge in [-0.1, -0.05) is 17.7 Å². The second kappa shape index (κ2) is 5.44. The van der Waals surface area contributed by atoms with Crippen molar-refractivity contribution in [2.45, 2.75) is 13.0 Å². The molecule has 0 saturated heterocycles. The molecule has 3 nitrogen and oxygen atoms in total. The van der Waals surface area contributed by atoms with Gasteiger partial charge >= 0.3 is 0 Å². The van der Waals surface area contributed by atoms with Gasteiger partial charge in [0.1, 0.15) is 11.0 Å². The fourth-order valence-electron chi connectivity index (χ4n) is 1.93. The van der Waals surface area contributed by atoms with Crippen molar-refractivity contribution in [3.8, 4) is 0 Å². The number of aromatic nitrogens is 1. The summed E-state index contributed by atoms with van der Waals surface area (Å²) < 4.78 is 13.1. The zero-order chi connectivity index (χ0) is 13.1. The highest BCUT2D eigenvalue weighted by Crippen LogP contribution is 2.25. The highest BCUT2D eigenvalue weighted by Gasteiger charge is 2.15. The van der Waals surface area contributed by atoms with E-state index in [0.29, 0.717) is 5.15 Å². The molecule has 94 valence electrons. The predicted octanol–water partition coefficient (Wildman–Crippen LogP) is 2.74. The van der Waals surface area contributed by atoms with E-state index in [1.807, 2.05) is 13.0 Å². The topological polar surface area (TPSA) is 50.9 Å². The zero-order valence-electron chi connectivity index (χ0n) is 9.82. The van der Waals surface area contributed by atoms with Crippen molar-refractivity contribution in [2.24, 2.45) is 5.84 Å². The number of aryl methyl sites for hydroxylation is 1. The molecule has 1 heterocycles. The maximum absolute atomic E-state index is 13.1. The Morgan fingerprint density at radius 3 is 2.72 bits per heavy atom. The molecule has 0 bridgehead atoms. The number of hydrogen-bond donors (Lipinski definition) is 2. The lowest BCUT2D eigenvalue weighted by molar-refractivity contribution is 0.611. The van der Waals surface area contributed by atoms with Gasteiger partial charge < -0.3 is 0 Å². The number of benzene rings is 1. The summed E-state index contributed by atoms with van der Waals surface area (Å²) >= 11 is 5.86. The quantitative estimate of drug-likeness (QED) is 0.510. The third kappa shape index (κ3) is 2.67. The van der Waals surface area contributed by atoms with E-state index < -0.39 is 0 Å². The molecular weight excluding hydrogens is 253 g/mol. The number of hydrogen-bond acceptors (Lipinski definition) is 3. The summed E-state index contributed by atoms with van der Waals surface area (Å²) in [6.45, 7) is 1.84. The highest BCUT2D eigenvalue weighted by molar-refractivity contribution is 6.29. The Morgan fingerprint density at radius 1 is 1.33 bits per heavy atom. The van der Waals surface area contributed by atoms with Gasteiger partial charge in [0.25, 0.3) is 0 Å². The molecule has 5 heteroatoms. The zero-order valence-corrected chi connectivity index (χ0v) is 10.6. The van der Waals surface area contributed by atoms with Crippen molar-refractivity contribution in [1.82, 2.24) is 10.4 Å². The molecule has 0 aliphatic rings. The second-order valence-corrected chi connectivity index (χ2v) is 4.40.